The fraction of sp³-hybridized carbons (Fsp3) is 0.545. The average molecular weight is 418 g/mol. The van der Waals surface area contributed by atoms with E-state index in [9.17, 15) is 9.18 Å². The number of carbonyl (C=O) groups excluding carboxylic acids is 1. The third-order valence-corrected chi connectivity index (χ3v) is 7.24. The van der Waals surface area contributed by atoms with Gasteiger partial charge in [0.2, 0.25) is 0 Å². The normalized spacial score (nSPS) is 18.8. The molecule has 7 heteroatoms. The Bertz CT molecular complexity index is 871. The molecular weight excluding hydrogens is 389 g/mol. The fourth-order valence-electron chi connectivity index (χ4n) is 4.38. The number of nitrogens with zero attached hydrogens (tertiary/aromatic N) is 3. The second-order valence-corrected chi connectivity index (χ2v) is 8.90. The molecule has 0 bridgehead atoms. The maximum absolute atomic E-state index is 14.1. The molecule has 2 aromatic rings. The van der Waals surface area contributed by atoms with E-state index >= 15 is 0 Å². The van der Waals surface area contributed by atoms with Gasteiger partial charge in [0.1, 0.15) is 9.88 Å². The van der Waals surface area contributed by atoms with Gasteiger partial charge in [-0.15, -0.1) is 11.3 Å². The first-order valence-corrected chi connectivity index (χ1v) is 11.2. The second kappa shape index (κ2) is 8.79. The van der Waals surface area contributed by atoms with E-state index < -0.39 is 5.82 Å². The zero-order chi connectivity index (χ0) is 20.4. The number of halogens is 1. The summed E-state index contributed by atoms with van der Waals surface area (Å²) in [7, 11) is 1.44. The minimum atomic E-state index is -0.425. The molecule has 1 amide bonds. The van der Waals surface area contributed by atoms with Gasteiger partial charge < -0.3 is 14.5 Å². The summed E-state index contributed by atoms with van der Waals surface area (Å²) in [6, 6.07) is 5.39. The highest BCUT2D eigenvalue weighted by Crippen LogP contribution is 2.32. The smallest absolute Gasteiger partial charge is 0.265 e. The van der Waals surface area contributed by atoms with Gasteiger partial charge in [-0.2, -0.15) is 0 Å². The van der Waals surface area contributed by atoms with E-state index in [4.69, 9.17) is 4.74 Å². The van der Waals surface area contributed by atoms with Crippen LogP contribution >= 0.6 is 11.3 Å². The molecule has 29 heavy (non-hydrogen) atoms. The summed E-state index contributed by atoms with van der Waals surface area (Å²) in [6.07, 6.45) is 6.03. The van der Waals surface area contributed by atoms with Crippen LogP contribution in [0.15, 0.2) is 18.2 Å². The molecule has 0 unspecified atom stereocenters. The van der Waals surface area contributed by atoms with E-state index in [0.717, 1.165) is 25.9 Å². The molecule has 0 saturated carbocycles. The molecule has 2 aliphatic rings. The number of piperidine rings is 2. The lowest BCUT2D eigenvalue weighted by Crippen LogP contribution is -2.48. The lowest BCUT2D eigenvalue weighted by atomic mass is 10.00. The number of benzene rings is 1. The van der Waals surface area contributed by atoms with Crippen LogP contribution in [0.1, 0.15) is 47.5 Å². The van der Waals surface area contributed by atoms with Gasteiger partial charge in [0.05, 0.1) is 12.8 Å². The van der Waals surface area contributed by atoms with Crippen molar-refractivity contribution in [2.24, 2.45) is 0 Å². The Balaban J connectivity index is 1.44. The van der Waals surface area contributed by atoms with E-state index in [2.05, 4.69) is 9.88 Å². The van der Waals surface area contributed by atoms with Crippen molar-refractivity contribution in [3.63, 3.8) is 0 Å². The van der Waals surface area contributed by atoms with Gasteiger partial charge in [0, 0.05) is 24.7 Å². The SMILES string of the molecule is COc1ccc(-c2nc(C)c(C(=O)N3CCC(N4CCCCC4)CC3)s2)cc1F. The molecule has 1 aromatic carbocycles. The quantitative estimate of drug-likeness (QED) is 0.742. The van der Waals surface area contributed by atoms with Crippen molar-refractivity contribution in [2.75, 3.05) is 33.3 Å². The number of aromatic nitrogens is 1. The van der Waals surface area contributed by atoms with Crippen LogP contribution < -0.4 is 4.74 Å². The number of rotatable bonds is 4. The van der Waals surface area contributed by atoms with Crippen LogP contribution in [0.4, 0.5) is 4.39 Å². The van der Waals surface area contributed by atoms with E-state index in [0.29, 0.717) is 27.2 Å². The first kappa shape index (κ1) is 20.3. The number of hydrogen-bond donors (Lipinski definition) is 0. The van der Waals surface area contributed by atoms with Crippen molar-refractivity contribution in [3.8, 4) is 16.3 Å². The Morgan fingerprint density at radius 2 is 1.90 bits per heavy atom. The first-order chi connectivity index (χ1) is 14.1. The summed E-state index contributed by atoms with van der Waals surface area (Å²) in [6.45, 7) is 5.85. The van der Waals surface area contributed by atoms with Crippen LogP contribution in [0.5, 0.6) is 5.75 Å². The summed E-state index contributed by atoms with van der Waals surface area (Å²) in [5.41, 5.74) is 1.38. The fourth-order valence-corrected chi connectivity index (χ4v) is 5.41. The number of thiazole rings is 1. The monoisotopic (exact) mass is 417 g/mol. The Labute approximate surface area is 175 Å². The molecule has 1 aromatic heterocycles. The molecule has 4 rings (SSSR count). The van der Waals surface area contributed by atoms with Crippen LogP contribution in [-0.2, 0) is 0 Å². The van der Waals surface area contributed by atoms with E-state index in [-0.39, 0.29) is 11.7 Å². The highest BCUT2D eigenvalue weighted by atomic mass is 32.1. The Kier molecular flexibility index (Phi) is 6.15. The van der Waals surface area contributed by atoms with Gasteiger partial charge in [-0.25, -0.2) is 9.37 Å². The third kappa shape index (κ3) is 4.31. The number of methoxy groups -OCH3 is 1. The van der Waals surface area contributed by atoms with E-state index in [1.807, 2.05) is 11.8 Å². The van der Waals surface area contributed by atoms with Crippen LogP contribution in [0.25, 0.3) is 10.6 Å². The molecule has 0 radical (unpaired) electrons. The number of amides is 1. The zero-order valence-electron chi connectivity index (χ0n) is 17.1. The maximum Gasteiger partial charge on any atom is 0.265 e. The summed E-state index contributed by atoms with van der Waals surface area (Å²) in [4.78, 5) is 22.9. The van der Waals surface area contributed by atoms with Gasteiger partial charge in [-0.05, 0) is 63.9 Å². The van der Waals surface area contributed by atoms with Crippen molar-refractivity contribution in [3.05, 3.63) is 34.6 Å². The molecule has 0 spiro atoms. The van der Waals surface area contributed by atoms with Crippen LogP contribution in [-0.4, -0.2) is 60.0 Å². The number of likely N-dealkylation sites (tertiary alicyclic amines) is 2. The summed E-state index contributed by atoms with van der Waals surface area (Å²) < 4.78 is 19.0. The molecule has 2 aliphatic heterocycles. The Morgan fingerprint density at radius 1 is 1.17 bits per heavy atom. The average Bonchev–Trinajstić information content (AvgIpc) is 3.15. The number of carbonyl (C=O) groups is 1. The predicted octanol–water partition coefficient (Wildman–Crippen LogP) is 4.36. The largest absolute Gasteiger partial charge is 0.494 e. The summed E-state index contributed by atoms with van der Waals surface area (Å²) in [5.74, 6) is -0.169. The molecule has 3 heterocycles. The lowest BCUT2D eigenvalue weighted by Gasteiger charge is -2.40. The third-order valence-electron chi connectivity index (χ3n) is 6.05. The van der Waals surface area contributed by atoms with Crippen LogP contribution in [0, 0.1) is 12.7 Å². The summed E-state index contributed by atoms with van der Waals surface area (Å²) >= 11 is 1.35. The molecule has 2 saturated heterocycles. The number of ether oxygens (including phenoxy) is 1. The highest BCUT2D eigenvalue weighted by molar-refractivity contribution is 7.17. The van der Waals surface area contributed by atoms with Gasteiger partial charge in [0.15, 0.2) is 11.6 Å². The molecule has 0 atom stereocenters. The minimum Gasteiger partial charge on any atom is -0.494 e. The molecule has 5 nitrogen and oxygen atoms in total. The lowest BCUT2D eigenvalue weighted by molar-refractivity contribution is 0.0593. The van der Waals surface area contributed by atoms with Crippen molar-refractivity contribution in [2.45, 2.75) is 45.1 Å². The standard InChI is InChI=1S/C22H28FN3O2S/c1-15-20(29-21(24-15)16-6-7-19(28-2)18(23)14-16)22(27)26-12-8-17(9-13-26)25-10-4-3-5-11-25/h6-7,14,17H,3-5,8-13H2,1-2H3. The van der Waals surface area contributed by atoms with E-state index in [1.54, 1.807) is 12.1 Å². The van der Waals surface area contributed by atoms with Crippen LogP contribution in [0.2, 0.25) is 0 Å². The van der Waals surface area contributed by atoms with Gasteiger partial charge >= 0.3 is 0 Å². The van der Waals surface area contributed by atoms with Crippen molar-refractivity contribution >= 4 is 17.2 Å². The second-order valence-electron chi connectivity index (χ2n) is 7.90. The molecule has 0 N–H and O–H groups in total. The highest BCUT2D eigenvalue weighted by Gasteiger charge is 2.29. The van der Waals surface area contributed by atoms with Gasteiger partial charge in [-0.3, -0.25) is 4.79 Å². The maximum atomic E-state index is 14.1. The number of hydrogen-bond acceptors (Lipinski definition) is 5. The van der Waals surface area contributed by atoms with E-state index in [1.165, 1.54) is 56.9 Å². The van der Waals surface area contributed by atoms with Crippen molar-refractivity contribution in [1.29, 1.82) is 0 Å². The first-order valence-electron chi connectivity index (χ1n) is 10.4. The Hall–Kier alpha value is -1.99. The zero-order valence-corrected chi connectivity index (χ0v) is 17.9. The molecule has 0 aliphatic carbocycles. The van der Waals surface area contributed by atoms with Gasteiger partial charge in [-0.1, -0.05) is 6.42 Å². The van der Waals surface area contributed by atoms with Crippen molar-refractivity contribution in [1.82, 2.24) is 14.8 Å². The van der Waals surface area contributed by atoms with Crippen molar-refractivity contribution < 1.29 is 13.9 Å². The van der Waals surface area contributed by atoms with Gasteiger partial charge in [0.25, 0.3) is 5.91 Å². The summed E-state index contributed by atoms with van der Waals surface area (Å²) in [5, 5.41) is 0.663. The predicted molar refractivity (Wildman–Crippen MR) is 113 cm³/mol. The minimum absolute atomic E-state index is 0.0531. The topological polar surface area (TPSA) is 45.7 Å². The van der Waals surface area contributed by atoms with Crippen LogP contribution in [0.3, 0.4) is 0 Å². The number of aryl methyl sites for hydroxylation is 1. The molecule has 2 fully saturated rings. The molecule has 156 valence electrons. The Morgan fingerprint density at radius 3 is 2.55 bits per heavy atom. The molecular formula is C22H28FN3O2S.